The normalized spacial score (nSPS) is 24.4. The van der Waals surface area contributed by atoms with Gasteiger partial charge in [-0.25, -0.2) is 0 Å². The number of aryl methyl sites for hydroxylation is 1. The van der Waals surface area contributed by atoms with E-state index in [9.17, 15) is 0 Å². The number of piperidine rings is 1. The van der Waals surface area contributed by atoms with Gasteiger partial charge in [-0.05, 0) is 75.9 Å². The molecule has 2 aromatic carbocycles. The summed E-state index contributed by atoms with van der Waals surface area (Å²) in [6.07, 6.45) is 7.85. The molecule has 0 amide bonds. The third-order valence-electron chi connectivity index (χ3n) is 7.39. The van der Waals surface area contributed by atoms with Gasteiger partial charge in [0.25, 0.3) is 0 Å². The van der Waals surface area contributed by atoms with Gasteiger partial charge in [0.2, 0.25) is 0 Å². The molecule has 0 radical (unpaired) electrons. The van der Waals surface area contributed by atoms with Crippen molar-refractivity contribution in [1.82, 2.24) is 9.80 Å². The Labute approximate surface area is 182 Å². The summed E-state index contributed by atoms with van der Waals surface area (Å²) in [7, 11) is 0. The first-order valence-electron chi connectivity index (χ1n) is 12.1. The fourth-order valence-electron chi connectivity index (χ4n) is 5.80. The highest BCUT2D eigenvalue weighted by Gasteiger charge is 2.38. The molecule has 0 spiro atoms. The fourth-order valence-corrected chi connectivity index (χ4v) is 5.80. The maximum absolute atomic E-state index is 6.47. The topological polar surface area (TPSA) is 15.7 Å². The van der Waals surface area contributed by atoms with Gasteiger partial charge in [-0.1, -0.05) is 48.4 Å². The minimum atomic E-state index is 0.410. The standard InChI is InChI=1S/C27H36N2O/c1-21-11-13-22(14-12-21)24-20-29-18-6-9-25(29)23-8-5-10-26(27(23)24)30-19-7-17-28-15-3-2-4-16-28/h5,8,10-14,24-25H,2-4,6-7,9,15-20H2,1H3/t24-,25+/m0/s1. The van der Waals surface area contributed by atoms with Crippen LogP contribution in [-0.4, -0.2) is 49.1 Å². The van der Waals surface area contributed by atoms with Crippen molar-refractivity contribution in [1.29, 1.82) is 0 Å². The predicted octanol–water partition coefficient (Wildman–Crippen LogP) is 5.53. The summed E-state index contributed by atoms with van der Waals surface area (Å²) in [4.78, 5) is 5.31. The molecule has 0 unspecified atom stereocenters. The molecule has 3 heteroatoms. The lowest BCUT2D eigenvalue weighted by molar-refractivity contribution is 0.200. The lowest BCUT2D eigenvalue weighted by Gasteiger charge is -2.38. The number of fused-ring (bicyclic) bond motifs is 3. The third kappa shape index (κ3) is 4.15. The Balaban J connectivity index is 1.36. The average molecular weight is 405 g/mol. The Bertz CT molecular complexity index is 840. The van der Waals surface area contributed by atoms with Crippen LogP contribution in [0.2, 0.25) is 0 Å². The molecular formula is C27H36N2O. The van der Waals surface area contributed by atoms with Crippen LogP contribution in [0, 0.1) is 6.92 Å². The van der Waals surface area contributed by atoms with E-state index in [0.29, 0.717) is 12.0 Å². The largest absolute Gasteiger partial charge is 0.493 e. The lowest BCUT2D eigenvalue weighted by Crippen LogP contribution is -2.35. The molecule has 0 aliphatic carbocycles. The van der Waals surface area contributed by atoms with E-state index in [-0.39, 0.29) is 0 Å². The highest BCUT2D eigenvalue weighted by atomic mass is 16.5. The van der Waals surface area contributed by atoms with Crippen LogP contribution in [0.1, 0.15) is 72.7 Å². The number of benzene rings is 2. The molecule has 0 aromatic heterocycles. The summed E-state index contributed by atoms with van der Waals surface area (Å²) >= 11 is 0. The van der Waals surface area contributed by atoms with E-state index >= 15 is 0 Å². The van der Waals surface area contributed by atoms with Crippen molar-refractivity contribution in [3.63, 3.8) is 0 Å². The number of hydrogen-bond acceptors (Lipinski definition) is 3. The second-order valence-electron chi connectivity index (χ2n) is 9.48. The summed E-state index contributed by atoms with van der Waals surface area (Å²) < 4.78 is 6.47. The van der Waals surface area contributed by atoms with Crippen molar-refractivity contribution in [2.45, 2.75) is 57.4 Å². The van der Waals surface area contributed by atoms with Crippen LogP contribution in [-0.2, 0) is 0 Å². The molecular weight excluding hydrogens is 368 g/mol. The van der Waals surface area contributed by atoms with E-state index in [0.717, 1.165) is 25.3 Å². The molecule has 0 N–H and O–H groups in total. The van der Waals surface area contributed by atoms with Crippen LogP contribution in [0.15, 0.2) is 42.5 Å². The van der Waals surface area contributed by atoms with Crippen LogP contribution in [0.3, 0.4) is 0 Å². The van der Waals surface area contributed by atoms with Gasteiger partial charge in [0, 0.05) is 30.6 Å². The molecule has 30 heavy (non-hydrogen) atoms. The minimum absolute atomic E-state index is 0.410. The Morgan fingerprint density at radius 3 is 2.60 bits per heavy atom. The molecule has 3 aliphatic rings. The molecule has 3 nitrogen and oxygen atoms in total. The number of rotatable bonds is 6. The molecule has 2 aromatic rings. The van der Waals surface area contributed by atoms with E-state index in [1.165, 1.54) is 80.5 Å². The van der Waals surface area contributed by atoms with Crippen LogP contribution >= 0.6 is 0 Å². The molecule has 2 atom stereocenters. The van der Waals surface area contributed by atoms with Crippen LogP contribution in [0.4, 0.5) is 0 Å². The van der Waals surface area contributed by atoms with Crippen molar-refractivity contribution in [2.24, 2.45) is 0 Å². The Morgan fingerprint density at radius 1 is 0.933 bits per heavy atom. The number of hydrogen-bond donors (Lipinski definition) is 0. The first-order chi connectivity index (χ1) is 14.8. The molecule has 0 saturated carbocycles. The summed E-state index contributed by atoms with van der Waals surface area (Å²) in [5, 5.41) is 0. The second kappa shape index (κ2) is 9.11. The van der Waals surface area contributed by atoms with Gasteiger partial charge >= 0.3 is 0 Å². The van der Waals surface area contributed by atoms with Gasteiger partial charge in [-0.3, -0.25) is 4.90 Å². The monoisotopic (exact) mass is 404 g/mol. The lowest BCUT2D eigenvalue weighted by atomic mass is 9.81. The SMILES string of the molecule is Cc1ccc([C@@H]2CN3CCC[C@@H]3c3cccc(OCCCN4CCCCC4)c32)cc1. The average Bonchev–Trinajstić information content (AvgIpc) is 3.26. The van der Waals surface area contributed by atoms with E-state index in [4.69, 9.17) is 4.74 Å². The van der Waals surface area contributed by atoms with E-state index in [1.54, 1.807) is 0 Å². The zero-order chi connectivity index (χ0) is 20.3. The minimum Gasteiger partial charge on any atom is -0.493 e. The van der Waals surface area contributed by atoms with Crippen LogP contribution in [0.25, 0.3) is 0 Å². The van der Waals surface area contributed by atoms with E-state index < -0.39 is 0 Å². The highest BCUT2D eigenvalue weighted by Crippen LogP contribution is 2.47. The smallest absolute Gasteiger partial charge is 0.123 e. The fraction of sp³-hybridized carbons (Fsp3) is 0.556. The summed E-state index contributed by atoms with van der Waals surface area (Å²) in [6.45, 7) is 9.06. The summed E-state index contributed by atoms with van der Waals surface area (Å²) in [5.41, 5.74) is 5.73. The highest BCUT2D eigenvalue weighted by molar-refractivity contribution is 5.51. The van der Waals surface area contributed by atoms with E-state index in [2.05, 4.69) is 59.2 Å². The first kappa shape index (κ1) is 20.1. The predicted molar refractivity (Wildman–Crippen MR) is 123 cm³/mol. The molecule has 3 heterocycles. The zero-order valence-corrected chi connectivity index (χ0v) is 18.5. The van der Waals surface area contributed by atoms with E-state index in [1.807, 2.05) is 0 Å². The Kier molecular flexibility index (Phi) is 6.10. The summed E-state index contributed by atoms with van der Waals surface area (Å²) in [6, 6.07) is 16.5. The van der Waals surface area contributed by atoms with Gasteiger partial charge in [-0.15, -0.1) is 0 Å². The van der Waals surface area contributed by atoms with Gasteiger partial charge in [0.05, 0.1) is 6.61 Å². The first-order valence-corrected chi connectivity index (χ1v) is 12.1. The van der Waals surface area contributed by atoms with Crippen molar-refractivity contribution in [2.75, 3.05) is 39.3 Å². The summed E-state index contributed by atoms with van der Waals surface area (Å²) in [5.74, 6) is 1.54. The zero-order valence-electron chi connectivity index (χ0n) is 18.5. The van der Waals surface area contributed by atoms with Gasteiger partial charge < -0.3 is 9.64 Å². The maximum Gasteiger partial charge on any atom is 0.123 e. The quantitative estimate of drug-likeness (QED) is 0.589. The molecule has 0 bridgehead atoms. The van der Waals surface area contributed by atoms with Gasteiger partial charge in [0.1, 0.15) is 5.75 Å². The van der Waals surface area contributed by atoms with Crippen LogP contribution in [0.5, 0.6) is 5.75 Å². The molecule has 5 rings (SSSR count). The van der Waals surface area contributed by atoms with Crippen molar-refractivity contribution in [3.8, 4) is 5.75 Å². The van der Waals surface area contributed by atoms with Crippen molar-refractivity contribution < 1.29 is 4.74 Å². The Morgan fingerprint density at radius 2 is 1.77 bits per heavy atom. The third-order valence-corrected chi connectivity index (χ3v) is 7.39. The second-order valence-corrected chi connectivity index (χ2v) is 9.48. The van der Waals surface area contributed by atoms with Crippen molar-refractivity contribution in [3.05, 3.63) is 64.7 Å². The van der Waals surface area contributed by atoms with Crippen LogP contribution < -0.4 is 4.74 Å². The molecule has 3 aliphatic heterocycles. The van der Waals surface area contributed by atoms with Gasteiger partial charge in [0.15, 0.2) is 0 Å². The van der Waals surface area contributed by atoms with Gasteiger partial charge in [-0.2, -0.15) is 0 Å². The number of nitrogens with zero attached hydrogens (tertiary/aromatic N) is 2. The molecule has 2 saturated heterocycles. The maximum atomic E-state index is 6.47. The molecule has 2 fully saturated rings. The number of ether oxygens (including phenoxy) is 1. The number of likely N-dealkylation sites (tertiary alicyclic amines) is 1. The van der Waals surface area contributed by atoms with Crippen molar-refractivity contribution >= 4 is 0 Å². The Hall–Kier alpha value is -1.84. The molecule has 160 valence electrons.